The molecule has 0 spiro atoms. The summed E-state index contributed by atoms with van der Waals surface area (Å²) in [6.07, 6.45) is -2.49. The van der Waals surface area contributed by atoms with E-state index in [1.807, 2.05) is 0 Å². The second-order valence-corrected chi connectivity index (χ2v) is 8.43. The number of hydrogen-bond acceptors (Lipinski definition) is 5. The van der Waals surface area contributed by atoms with E-state index in [4.69, 9.17) is 16.7 Å². The van der Waals surface area contributed by atoms with Gasteiger partial charge in [-0.3, -0.25) is 9.78 Å². The van der Waals surface area contributed by atoms with Crippen molar-refractivity contribution < 1.29 is 33.0 Å². The molecule has 0 bridgehead atoms. The second-order valence-electron chi connectivity index (χ2n) is 8.03. The molecule has 1 aliphatic carbocycles. The van der Waals surface area contributed by atoms with E-state index >= 15 is 0 Å². The van der Waals surface area contributed by atoms with Crippen LogP contribution in [-0.4, -0.2) is 28.1 Å². The number of aromatic nitrogens is 1. The van der Waals surface area contributed by atoms with E-state index in [2.05, 4.69) is 14.5 Å². The van der Waals surface area contributed by atoms with Gasteiger partial charge in [0.15, 0.2) is 11.5 Å². The highest BCUT2D eigenvalue weighted by Crippen LogP contribution is 2.52. The number of pyridine rings is 1. The van der Waals surface area contributed by atoms with Gasteiger partial charge >= 0.3 is 12.3 Å². The van der Waals surface area contributed by atoms with Crippen molar-refractivity contribution >= 4 is 23.4 Å². The normalized spacial score (nSPS) is 16.9. The van der Waals surface area contributed by atoms with Gasteiger partial charge in [0, 0.05) is 17.7 Å². The molecule has 1 fully saturated rings. The number of ketones is 1. The zero-order chi connectivity index (χ0) is 23.4. The Morgan fingerprint density at radius 3 is 2.36 bits per heavy atom. The molecule has 2 aromatic carbocycles. The third-order valence-electron chi connectivity index (χ3n) is 5.89. The number of alkyl halides is 2. The first-order valence-corrected chi connectivity index (χ1v) is 10.5. The Kier molecular flexibility index (Phi) is 4.86. The van der Waals surface area contributed by atoms with Crippen LogP contribution in [0.4, 0.5) is 8.78 Å². The summed E-state index contributed by atoms with van der Waals surface area (Å²) < 4.78 is 35.6. The van der Waals surface area contributed by atoms with Crippen LogP contribution in [0.25, 0.3) is 11.3 Å². The highest BCUT2D eigenvalue weighted by Gasteiger charge is 2.52. The first-order chi connectivity index (χ1) is 15.7. The number of carboxylic acids is 1. The van der Waals surface area contributed by atoms with Crippen LogP contribution in [0.3, 0.4) is 0 Å². The van der Waals surface area contributed by atoms with E-state index in [9.17, 15) is 18.4 Å². The van der Waals surface area contributed by atoms with Crippen LogP contribution in [0.5, 0.6) is 11.5 Å². The molecule has 33 heavy (non-hydrogen) atoms. The average molecular weight is 472 g/mol. The van der Waals surface area contributed by atoms with Gasteiger partial charge in [-0.1, -0.05) is 29.8 Å². The summed E-state index contributed by atoms with van der Waals surface area (Å²) >= 11 is 6.29. The molecule has 9 heteroatoms. The van der Waals surface area contributed by atoms with Crippen LogP contribution >= 0.6 is 11.6 Å². The van der Waals surface area contributed by atoms with Gasteiger partial charge in [-0.25, -0.2) is 4.79 Å². The summed E-state index contributed by atoms with van der Waals surface area (Å²) in [5.74, 6) is -1.28. The minimum atomic E-state index is -3.71. The lowest BCUT2D eigenvalue weighted by Gasteiger charge is -2.15. The van der Waals surface area contributed by atoms with Crippen molar-refractivity contribution in [3.63, 3.8) is 0 Å². The lowest BCUT2D eigenvalue weighted by molar-refractivity contribution is -0.286. The molecule has 6 nitrogen and oxygen atoms in total. The van der Waals surface area contributed by atoms with Gasteiger partial charge in [0.1, 0.15) is 5.78 Å². The summed E-state index contributed by atoms with van der Waals surface area (Å²) in [5, 5.41) is 9.43. The predicted octanol–water partition coefficient (Wildman–Crippen LogP) is 5.27. The van der Waals surface area contributed by atoms with E-state index in [1.54, 1.807) is 30.3 Å². The molecule has 0 saturated heterocycles. The van der Waals surface area contributed by atoms with Gasteiger partial charge < -0.3 is 14.6 Å². The van der Waals surface area contributed by atoms with E-state index < -0.39 is 17.7 Å². The SMILES string of the molecule is O=C(O)c1ccc(-c2nc(CC(=O)C3(c4ccc5c(c4)OC(F)(F)O5)CC3)ccc2Cl)cc1. The van der Waals surface area contributed by atoms with Crippen LogP contribution in [0.15, 0.2) is 54.6 Å². The minimum absolute atomic E-state index is 0.0297. The van der Waals surface area contributed by atoms with Crippen LogP contribution < -0.4 is 9.47 Å². The Labute approximate surface area is 191 Å². The third kappa shape index (κ3) is 3.91. The minimum Gasteiger partial charge on any atom is -0.478 e. The number of carbonyl (C=O) groups is 2. The van der Waals surface area contributed by atoms with Crippen LogP contribution in [-0.2, 0) is 16.6 Å². The first kappa shape index (κ1) is 21.3. The number of halogens is 3. The quantitative estimate of drug-likeness (QED) is 0.527. The maximum absolute atomic E-state index is 13.3. The van der Waals surface area contributed by atoms with Crippen molar-refractivity contribution in [2.75, 3.05) is 0 Å². The van der Waals surface area contributed by atoms with Crippen LogP contribution in [0.2, 0.25) is 5.02 Å². The Bertz CT molecular complexity index is 1290. The topological polar surface area (TPSA) is 85.7 Å². The molecule has 1 aromatic heterocycles. The van der Waals surface area contributed by atoms with Crippen LogP contribution in [0.1, 0.15) is 34.5 Å². The average Bonchev–Trinajstić information content (AvgIpc) is 3.52. The maximum atomic E-state index is 13.3. The fourth-order valence-electron chi connectivity index (χ4n) is 3.99. The fraction of sp³-hybridized carbons (Fsp3) is 0.208. The Morgan fingerprint density at radius 1 is 1.00 bits per heavy atom. The number of rotatable bonds is 6. The van der Waals surface area contributed by atoms with Crippen LogP contribution in [0, 0.1) is 0 Å². The molecule has 1 aliphatic heterocycles. The smallest absolute Gasteiger partial charge is 0.478 e. The number of aromatic carboxylic acids is 1. The second kappa shape index (κ2) is 7.52. The van der Waals surface area contributed by atoms with E-state index in [0.717, 1.165) is 0 Å². The lowest BCUT2D eigenvalue weighted by atomic mass is 9.88. The number of fused-ring (bicyclic) bond motifs is 1. The maximum Gasteiger partial charge on any atom is 0.586 e. The van der Waals surface area contributed by atoms with Crippen molar-refractivity contribution in [2.24, 2.45) is 0 Å². The molecule has 0 unspecified atom stereocenters. The number of nitrogens with zero attached hydrogens (tertiary/aromatic N) is 1. The van der Waals surface area contributed by atoms with Crippen molar-refractivity contribution in [3.8, 4) is 22.8 Å². The van der Waals surface area contributed by atoms with Crippen molar-refractivity contribution in [1.29, 1.82) is 0 Å². The van der Waals surface area contributed by atoms with Gasteiger partial charge in [0.2, 0.25) is 0 Å². The molecular weight excluding hydrogens is 456 g/mol. The summed E-state index contributed by atoms with van der Waals surface area (Å²) in [4.78, 5) is 28.8. The Morgan fingerprint density at radius 2 is 1.70 bits per heavy atom. The standard InChI is InChI=1S/C24H16ClF2NO5/c25-17-7-6-16(28-21(17)13-1-3-14(4-2-13)22(30)31)12-20(29)23(9-10-23)15-5-8-18-19(11-15)33-24(26,27)32-18/h1-8,11H,9-10,12H2,(H,30,31). The van der Waals surface area contributed by atoms with Gasteiger partial charge in [0.25, 0.3) is 0 Å². The molecular formula is C24H16ClF2NO5. The number of benzene rings is 2. The molecule has 0 amide bonds. The Balaban J connectivity index is 1.38. The molecule has 1 N–H and O–H groups in total. The molecule has 5 rings (SSSR count). The highest BCUT2D eigenvalue weighted by molar-refractivity contribution is 6.33. The monoisotopic (exact) mass is 471 g/mol. The van der Waals surface area contributed by atoms with Crippen molar-refractivity contribution in [1.82, 2.24) is 4.98 Å². The lowest BCUT2D eigenvalue weighted by Crippen LogP contribution is -2.26. The van der Waals surface area contributed by atoms with Gasteiger partial charge in [-0.2, -0.15) is 0 Å². The first-order valence-electron chi connectivity index (χ1n) is 10.1. The van der Waals surface area contributed by atoms with E-state index in [0.29, 0.717) is 40.4 Å². The fourth-order valence-corrected chi connectivity index (χ4v) is 4.20. The zero-order valence-electron chi connectivity index (χ0n) is 17.0. The number of Topliss-reactive ketones (excluding diaryl/α,β-unsaturated/α-hetero) is 1. The Hall–Kier alpha value is -3.52. The number of hydrogen-bond donors (Lipinski definition) is 1. The van der Waals surface area contributed by atoms with Gasteiger partial charge in [-0.15, -0.1) is 8.78 Å². The summed E-state index contributed by atoms with van der Waals surface area (Å²) in [5.41, 5.74) is 1.52. The predicted molar refractivity (Wildman–Crippen MR) is 114 cm³/mol. The van der Waals surface area contributed by atoms with Gasteiger partial charge in [0.05, 0.1) is 21.7 Å². The molecule has 168 valence electrons. The summed E-state index contributed by atoms with van der Waals surface area (Å²) in [7, 11) is 0. The molecule has 1 saturated carbocycles. The zero-order valence-corrected chi connectivity index (χ0v) is 17.7. The number of carbonyl (C=O) groups excluding carboxylic acids is 1. The van der Waals surface area contributed by atoms with E-state index in [-0.39, 0.29) is 29.3 Å². The summed E-state index contributed by atoms with van der Waals surface area (Å²) in [6.45, 7) is 0. The third-order valence-corrected chi connectivity index (χ3v) is 6.19. The van der Waals surface area contributed by atoms with Gasteiger partial charge in [-0.05, 0) is 54.8 Å². The van der Waals surface area contributed by atoms with Crippen molar-refractivity contribution in [2.45, 2.75) is 31.0 Å². The molecule has 2 aliphatic rings. The highest BCUT2D eigenvalue weighted by atomic mass is 35.5. The molecule has 0 atom stereocenters. The molecule has 3 aromatic rings. The largest absolute Gasteiger partial charge is 0.586 e. The number of carboxylic acid groups (broad SMARTS) is 1. The molecule has 2 heterocycles. The van der Waals surface area contributed by atoms with Crippen molar-refractivity contribution in [3.05, 3.63) is 76.4 Å². The van der Waals surface area contributed by atoms with E-state index in [1.165, 1.54) is 24.3 Å². The number of ether oxygens (including phenoxy) is 2. The summed E-state index contributed by atoms with van der Waals surface area (Å²) in [6, 6.07) is 13.8. The molecule has 0 radical (unpaired) electrons.